The molecule has 1 aromatic heterocycles. The Morgan fingerprint density at radius 3 is 2.48 bits per heavy atom. The molecule has 2 aromatic rings. The van der Waals surface area contributed by atoms with E-state index in [-0.39, 0.29) is 6.61 Å². The molecule has 0 atom stereocenters. The first-order valence-corrected chi connectivity index (χ1v) is 7.87. The van der Waals surface area contributed by atoms with Crippen LogP contribution in [0.4, 0.5) is 0 Å². The predicted octanol–water partition coefficient (Wildman–Crippen LogP) is 3.31. The molecule has 114 valence electrons. The lowest BCUT2D eigenvalue weighted by atomic mass is 9.97. The molecule has 0 radical (unpaired) electrons. The Labute approximate surface area is 126 Å². The van der Waals surface area contributed by atoms with Crippen LogP contribution in [0, 0.1) is 0 Å². The zero-order chi connectivity index (χ0) is 15.1. The molecule has 0 bridgehead atoms. The Morgan fingerprint density at radius 2 is 1.86 bits per heavy atom. The highest BCUT2D eigenvalue weighted by atomic mass is 16.3. The summed E-state index contributed by atoms with van der Waals surface area (Å²) in [5, 5.41) is 17.8. The summed E-state index contributed by atoms with van der Waals surface area (Å²) in [4.78, 5) is 0. The molecular formula is C17H25N3O. The molecule has 4 nitrogen and oxygen atoms in total. The molecule has 2 rings (SSSR count). The highest BCUT2D eigenvalue weighted by Gasteiger charge is 2.19. The van der Waals surface area contributed by atoms with E-state index in [1.165, 1.54) is 5.56 Å². The Bertz CT molecular complexity index is 532. The van der Waals surface area contributed by atoms with Crippen LogP contribution in [-0.2, 0) is 19.6 Å². The van der Waals surface area contributed by atoms with Gasteiger partial charge in [0.05, 0.1) is 12.3 Å². The van der Waals surface area contributed by atoms with Crippen molar-refractivity contribution in [2.24, 2.45) is 0 Å². The summed E-state index contributed by atoms with van der Waals surface area (Å²) >= 11 is 0. The number of rotatable bonds is 8. The minimum atomic E-state index is -0.0233. The van der Waals surface area contributed by atoms with Gasteiger partial charge in [-0.25, -0.2) is 4.68 Å². The van der Waals surface area contributed by atoms with E-state index in [1.54, 1.807) is 0 Å². The summed E-state index contributed by atoms with van der Waals surface area (Å²) in [5.74, 6) is 0.430. The van der Waals surface area contributed by atoms with Crippen LogP contribution >= 0.6 is 0 Å². The zero-order valence-corrected chi connectivity index (χ0v) is 13.0. The van der Waals surface area contributed by atoms with Crippen molar-refractivity contribution in [1.29, 1.82) is 0 Å². The number of hydrogen-bond donors (Lipinski definition) is 1. The average molecular weight is 287 g/mol. The number of benzene rings is 1. The standard InChI is InChI=1S/C17H25N3O/c1-3-15(4-2)17-16(13-21)18-19-20(17)12-8-11-14-9-6-5-7-10-14/h5-7,9-10,15,21H,3-4,8,11-13H2,1-2H3. The van der Waals surface area contributed by atoms with Crippen molar-refractivity contribution < 1.29 is 5.11 Å². The Balaban J connectivity index is 2.04. The van der Waals surface area contributed by atoms with Gasteiger partial charge in [-0.3, -0.25) is 0 Å². The minimum Gasteiger partial charge on any atom is -0.390 e. The van der Waals surface area contributed by atoms with Crippen LogP contribution in [0.15, 0.2) is 30.3 Å². The summed E-state index contributed by atoms with van der Waals surface area (Å²) < 4.78 is 1.99. The lowest BCUT2D eigenvalue weighted by Gasteiger charge is -2.15. The van der Waals surface area contributed by atoms with Crippen LogP contribution in [0.1, 0.15) is 56.0 Å². The predicted molar refractivity (Wildman–Crippen MR) is 84.0 cm³/mol. The average Bonchev–Trinajstić information content (AvgIpc) is 2.93. The molecule has 1 aromatic carbocycles. The lowest BCUT2D eigenvalue weighted by molar-refractivity contribution is 0.274. The van der Waals surface area contributed by atoms with Gasteiger partial charge in [0.15, 0.2) is 0 Å². The maximum absolute atomic E-state index is 9.46. The maximum atomic E-state index is 9.46. The largest absolute Gasteiger partial charge is 0.390 e. The van der Waals surface area contributed by atoms with Crippen LogP contribution in [0.2, 0.25) is 0 Å². The molecule has 0 aliphatic heterocycles. The number of aromatic nitrogens is 3. The highest BCUT2D eigenvalue weighted by molar-refractivity contribution is 5.16. The number of aliphatic hydroxyl groups is 1. The molecule has 4 heteroatoms. The zero-order valence-electron chi connectivity index (χ0n) is 13.0. The van der Waals surface area contributed by atoms with Gasteiger partial charge in [-0.05, 0) is 31.2 Å². The van der Waals surface area contributed by atoms with Crippen molar-refractivity contribution in [3.05, 3.63) is 47.3 Å². The Morgan fingerprint density at radius 1 is 1.14 bits per heavy atom. The van der Waals surface area contributed by atoms with Gasteiger partial charge in [0, 0.05) is 12.5 Å². The van der Waals surface area contributed by atoms with E-state index in [4.69, 9.17) is 0 Å². The first kappa shape index (κ1) is 15.7. The fourth-order valence-electron chi connectivity index (χ4n) is 2.83. The number of aryl methyl sites for hydroxylation is 2. The van der Waals surface area contributed by atoms with E-state index in [0.29, 0.717) is 5.92 Å². The van der Waals surface area contributed by atoms with Crippen molar-refractivity contribution in [1.82, 2.24) is 15.0 Å². The van der Waals surface area contributed by atoms with Crippen LogP contribution in [-0.4, -0.2) is 20.1 Å². The Kier molecular flexibility index (Phi) is 5.93. The van der Waals surface area contributed by atoms with Gasteiger partial charge in [0.1, 0.15) is 5.69 Å². The second-order valence-corrected chi connectivity index (χ2v) is 5.41. The van der Waals surface area contributed by atoms with Gasteiger partial charge in [-0.2, -0.15) is 0 Å². The van der Waals surface area contributed by atoms with Gasteiger partial charge < -0.3 is 5.11 Å². The Hall–Kier alpha value is -1.68. The van der Waals surface area contributed by atoms with E-state index in [9.17, 15) is 5.11 Å². The van der Waals surface area contributed by atoms with Gasteiger partial charge >= 0.3 is 0 Å². The van der Waals surface area contributed by atoms with Crippen molar-refractivity contribution >= 4 is 0 Å². The molecule has 1 N–H and O–H groups in total. The van der Waals surface area contributed by atoms with E-state index >= 15 is 0 Å². The van der Waals surface area contributed by atoms with Gasteiger partial charge in [-0.1, -0.05) is 49.4 Å². The quantitative estimate of drug-likeness (QED) is 0.810. The monoisotopic (exact) mass is 287 g/mol. The minimum absolute atomic E-state index is 0.0233. The molecule has 0 unspecified atom stereocenters. The molecule has 1 heterocycles. The fraction of sp³-hybridized carbons (Fsp3) is 0.529. The molecular weight excluding hydrogens is 262 g/mol. The molecule has 0 fully saturated rings. The molecule has 0 saturated carbocycles. The van der Waals surface area contributed by atoms with Crippen molar-refractivity contribution in [2.45, 2.75) is 58.6 Å². The van der Waals surface area contributed by atoms with Crippen molar-refractivity contribution in [2.75, 3.05) is 0 Å². The molecule has 0 amide bonds. The fourth-order valence-corrected chi connectivity index (χ4v) is 2.83. The first-order valence-electron chi connectivity index (χ1n) is 7.87. The first-order chi connectivity index (χ1) is 10.3. The normalized spacial score (nSPS) is 11.2. The molecule has 0 aliphatic rings. The SMILES string of the molecule is CCC(CC)c1c(CO)nnn1CCCc1ccccc1. The van der Waals surface area contributed by atoms with Gasteiger partial charge in [0.25, 0.3) is 0 Å². The summed E-state index contributed by atoms with van der Waals surface area (Å²) in [6.45, 7) is 5.19. The lowest BCUT2D eigenvalue weighted by Crippen LogP contribution is -2.11. The third-order valence-corrected chi connectivity index (χ3v) is 4.05. The van der Waals surface area contributed by atoms with Crippen LogP contribution < -0.4 is 0 Å². The van der Waals surface area contributed by atoms with Crippen LogP contribution in [0.25, 0.3) is 0 Å². The molecule has 0 saturated heterocycles. The van der Waals surface area contributed by atoms with E-state index in [2.05, 4.69) is 48.4 Å². The van der Waals surface area contributed by atoms with Gasteiger partial charge in [0.2, 0.25) is 0 Å². The number of aliphatic hydroxyl groups excluding tert-OH is 1. The third kappa shape index (κ3) is 3.91. The van der Waals surface area contributed by atoms with E-state index in [0.717, 1.165) is 43.6 Å². The molecule has 0 aliphatic carbocycles. The van der Waals surface area contributed by atoms with E-state index in [1.807, 2.05) is 10.7 Å². The number of nitrogens with zero attached hydrogens (tertiary/aromatic N) is 3. The van der Waals surface area contributed by atoms with Crippen LogP contribution in [0.3, 0.4) is 0 Å². The maximum Gasteiger partial charge on any atom is 0.112 e. The van der Waals surface area contributed by atoms with Crippen molar-refractivity contribution in [3.8, 4) is 0 Å². The van der Waals surface area contributed by atoms with E-state index < -0.39 is 0 Å². The van der Waals surface area contributed by atoms with Crippen molar-refractivity contribution in [3.63, 3.8) is 0 Å². The third-order valence-electron chi connectivity index (χ3n) is 4.05. The summed E-state index contributed by atoms with van der Waals surface area (Å²) in [6, 6.07) is 10.5. The summed E-state index contributed by atoms with van der Waals surface area (Å²) in [7, 11) is 0. The number of hydrogen-bond acceptors (Lipinski definition) is 3. The summed E-state index contributed by atoms with van der Waals surface area (Å²) in [5.41, 5.74) is 3.21. The van der Waals surface area contributed by atoms with Gasteiger partial charge in [-0.15, -0.1) is 5.10 Å². The molecule has 21 heavy (non-hydrogen) atoms. The summed E-state index contributed by atoms with van der Waals surface area (Å²) in [6.07, 6.45) is 4.17. The highest BCUT2D eigenvalue weighted by Crippen LogP contribution is 2.25. The molecule has 0 spiro atoms. The second-order valence-electron chi connectivity index (χ2n) is 5.41. The second kappa shape index (κ2) is 7.93. The van der Waals surface area contributed by atoms with Crippen LogP contribution in [0.5, 0.6) is 0 Å². The topological polar surface area (TPSA) is 50.9 Å². The smallest absolute Gasteiger partial charge is 0.112 e.